The fourth-order valence-corrected chi connectivity index (χ4v) is 4.56. The summed E-state index contributed by atoms with van der Waals surface area (Å²) in [6.45, 7) is 6.77. The number of halogens is 4. The largest absolute Gasteiger partial charge is 0.490 e. The molecule has 208 valence electrons. The molecule has 7 heteroatoms. The minimum absolute atomic E-state index is 0.000840. The molecule has 3 aromatic carbocycles. The fourth-order valence-electron chi connectivity index (χ4n) is 4.56. The third-order valence-electron chi connectivity index (χ3n) is 6.93. The van der Waals surface area contributed by atoms with Crippen LogP contribution in [0.25, 0.3) is 22.3 Å². The molecule has 0 aromatic heterocycles. The van der Waals surface area contributed by atoms with E-state index in [9.17, 15) is 13.2 Å². The van der Waals surface area contributed by atoms with E-state index in [0.717, 1.165) is 19.3 Å². The van der Waals surface area contributed by atoms with Gasteiger partial charge in [-0.05, 0) is 29.7 Å². The predicted molar refractivity (Wildman–Crippen MR) is 144 cm³/mol. The summed E-state index contributed by atoms with van der Waals surface area (Å²) in [5.74, 6) is -4.27. The number of ether oxygens (including phenoxy) is 3. The zero-order valence-corrected chi connectivity index (χ0v) is 22.2. The molecule has 3 aromatic rings. The van der Waals surface area contributed by atoms with E-state index in [2.05, 4.69) is 13.5 Å². The molecule has 3 nitrogen and oxygen atoms in total. The monoisotopic (exact) mass is 542 g/mol. The molecule has 0 aliphatic carbocycles. The van der Waals surface area contributed by atoms with Crippen LogP contribution in [-0.4, -0.2) is 19.8 Å². The Morgan fingerprint density at radius 2 is 1.31 bits per heavy atom. The third-order valence-corrected chi connectivity index (χ3v) is 6.93. The molecule has 1 aliphatic heterocycles. The first-order chi connectivity index (χ1) is 18.9. The average Bonchev–Trinajstić information content (AvgIpc) is 2.96. The normalized spacial score (nSPS) is 17.3. The smallest absolute Gasteiger partial charge is 0.201 e. The molecule has 4 rings (SSSR count). The van der Waals surface area contributed by atoms with Gasteiger partial charge in [0.1, 0.15) is 0 Å². The number of unbranched alkanes of at least 4 members (excludes halogenated alkanes) is 5. The highest BCUT2D eigenvalue weighted by atomic mass is 19.2. The summed E-state index contributed by atoms with van der Waals surface area (Å²) in [6, 6.07) is 11.9. The Kier molecular flexibility index (Phi) is 10.2. The molecule has 0 radical (unpaired) electrons. The topological polar surface area (TPSA) is 27.7 Å². The van der Waals surface area contributed by atoms with E-state index in [0.29, 0.717) is 30.9 Å². The first kappa shape index (κ1) is 28.8. The lowest BCUT2D eigenvalue weighted by molar-refractivity contribution is -0.198. The fraction of sp³-hybridized carbons (Fsp3) is 0.375. The Morgan fingerprint density at radius 3 is 1.92 bits per heavy atom. The molecule has 1 fully saturated rings. The molecule has 0 unspecified atom stereocenters. The van der Waals surface area contributed by atoms with E-state index in [4.69, 9.17) is 14.2 Å². The maximum atomic E-state index is 15.0. The summed E-state index contributed by atoms with van der Waals surface area (Å²) >= 11 is 0. The van der Waals surface area contributed by atoms with Crippen LogP contribution in [-0.2, 0) is 9.47 Å². The van der Waals surface area contributed by atoms with Crippen molar-refractivity contribution in [1.82, 2.24) is 0 Å². The molecule has 1 aliphatic rings. The highest BCUT2D eigenvalue weighted by Crippen LogP contribution is 2.35. The SMILES string of the molecule is C=CC1COC(c2ccc(-c3ccc(-c4ccc(OCCCCCCCC)c(F)c4F)cc3)c(F)c2F)OC1. The van der Waals surface area contributed by atoms with Gasteiger partial charge in [-0.3, -0.25) is 0 Å². The van der Waals surface area contributed by atoms with E-state index >= 15 is 4.39 Å². The predicted octanol–water partition coefficient (Wildman–Crippen LogP) is 9.16. The van der Waals surface area contributed by atoms with E-state index < -0.39 is 29.6 Å². The van der Waals surface area contributed by atoms with Crippen molar-refractivity contribution < 1.29 is 31.8 Å². The molecular formula is C32H34F4O3. The van der Waals surface area contributed by atoms with Gasteiger partial charge in [-0.1, -0.05) is 81.5 Å². The Bertz CT molecular complexity index is 1250. The van der Waals surface area contributed by atoms with Crippen molar-refractivity contribution in [1.29, 1.82) is 0 Å². The van der Waals surface area contributed by atoms with Crippen LogP contribution in [0.3, 0.4) is 0 Å². The van der Waals surface area contributed by atoms with E-state index in [1.165, 1.54) is 67.8 Å². The molecule has 1 heterocycles. The van der Waals surface area contributed by atoms with Crippen LogP contribution in [0, 0.1) is 29.2 Å². The summed E-state index contributed by atoms with van der Waals surface area (Å²) in [4.78, 5) is 0. The van der Waals surface area contributed by atoms with E-state index in [-0.39, 0.29) is 28.4 Å². The van der Waals surface area contributed by atoms with Crippen LogP contribution in [0.4, 0.5) is 17.6 Å². The quantitative estimate of drug-likeness (QED) is 0.130. The van der Waals surface area contributed by atoms with Gasteiger partial charge in [0.2, 0.25) is 5.82 Å². The number of hydrogen-bond donors (Lipinski definition) is 0. The van der Waals surface area contributed by atoms with Crippen molar-refractivity contribution in [2.45, 2.75) is 51.7 Å². The van der Waals surface area contributed by atoms with Crippen LogP contribution < -0.4 is 4.74 Å². The van der Waals surface area contributed by atoms with Gasteiger partial charge in [-0.15, -0.1) is 6.58 Å². The molecule has 0 amide bonds. The summed E-state index contributed by atoms with van der Waals surface area (Å²) in [6.07, 6.45) is 7.10. The first-order valence-electron chi connectivity index (χ1n) is 13.5. The van der Waals surface area contributed by atoms with Crippen LogP contribution in [0.2, 0.25) is 0 Å². The number of benzene rings is 3. The van der Waals surface area contributed by atoms with Gasteiger partial charge in [-0.25, -0.2) is 13.2 Å². The van der Waals surface area contributed by atoms with Crippen LogP contribution in [0.5, 0.6) is 5.75 Å². The van der Waals surface area contributed by atoms with Crippen molar-refractivity contribution in [2.24, 2.45) is 5.92 Å². The molecule has 1 saturated heterocycles. The second-order valence-corrected chi connectivity index (χ2v) is 9.76. The van der Waals surface area contributed by atoms with Gasteiger partial charge in [0.05, 0.1) is 19.8 Å². The van der Waals surface area contributed by atoms with E-state index in [1.54, 1.807) is 6.08 Å². The molecule has 39 heavy (non-hydrogen) atoms. The second kappa shape index (κ2) is 13.8. The van der Waals surface area contributed by atoms with Crippen LogP contribution in [0.15, 0.2) is 61.2 Å². The molecule has 0 saturated carbocycles. The molecular weight excluding hydrogens is 508 g/mol. The third kappa shape index (κ3) is 6.89. The lowest BCUT2D eigenvalue weighted by Gasteiger charge is -2.28. The van der Waals surface area contributed by atoms with Crippen molar-refractivity contribution in [3.63, 3.8) is 0 Å². The van der Waals surface area contributed by atoms with Crippen molar-refractivity contribution in [3.05, 3.63) is 90.0 Å². The highest BCUT2D eigenvalue weighted by molar-refractivity contribution is 5.71. The Morgan fingerprint density at radius 1 is 0.744 bits per heavy atom. The maximum absolute atomic E-state index is 15.0. The highest BCUT2D eigenvalue weighted by Gasteiger charge is 2.27. The Labute approximate surface area is 227 Å². The summed E-state index contributed by atoms with van der Waals surface area (Å²) in [5, 5.41) is 0. The standard InChI is InChI=1S/C32H34F4O3/c1-3-5-6-7-8-9-18-37-27-17-16-25(29(34)31(27)36)23-12-10-22(11-13-23)24-14-15-26(30(35)28(24)33)32-38-19-21(4-2)20-39-32/h4,10-17,21,32H,2-3,5-9,18-20H2,1H3. The Balaban J connectivity index is 1.43. The van der Waals surface area contributed by atoms with Crippen LogP contribution >= 0.6 is 0 Å². The molecule has 0 bridgehead atoms. The molecule has 0 atom stereocenters. The molecule has 0 spiro atoms. The summed E-state index contributed by atoms with van der Waals surface area (Å²) < 4.78 is 76.0. The van der Waals surface area contributed by atoms with Gasteiger partial charge >= 0.3 is 0 Å². The zero-order valence-electron chi connectivity index (χ0n) is 22.2. The van der Waals surface area contributed by atoms with E-state index in [1.807, 2.05) is 0 Å². The minimum Gasteiger partial charge on any atom is -0.490 e. The molecule has 0 N–H and O–H groups in total. The van der Waals surface area contributed by atoms with Gasteiger partial charge in [-0.2, -0.15) is 4.39 Å². The first-order valence-corrected chi connectivity index (χ1v) is 13.5. The minimum atomic E-state index is -1.05. The van der Waals surface area contributed by atoms with Crippen LogP contribution in [0.1, 0.15) is 57.3 Å². The number of hydrogen-bond acceptors (Lipinski definition) is 3. The van der Waals surface area contributed by atoms with Crippen molar-refractivity contribution in [2.75, 3.05) is 19.8 Å². The summed E-state index contributed by atoms with van der Waals surface area (Å²) in [5.41, 5.74) is 0.853. The second-order valence-electron chi connectivity index (χ2n) is 9.76. The lowest BCUT2D eigenvalue weighted by Crippen LogP contribution is -2.26. The van der Waals surface area contributed by atoms with Crippen molar-refractivity contribution >= 4 is 0 Å². The van der Waals surface area contributed by atoms with Gasteiger partial charge < -0.3 is 14.2 Å². The number of rotatable bonds is 12. The average molecular weight is 543 g/mol. The van der Waals surface area contributed by atoms with Gasteiger partial charge in [0, 0.05) is 22.6 Å². The zero-order chi connectivity index (χ0) is 27.8. The van der Waals surface area contributed by atoms with Gasteiger partial charge in [0.25, 0.3) is 0 Å². The van der Waals surface area contributed by atoms with Crippen molar-refractivity contribution in [3.8, 4) is 28.0 Å². The summed E-state index contributed by atoms with van der Waals surface area (Å²) in [7, 11) is 0. The maximum Gasteiger partial charge on any atom is 0.201 e. The lowest BCUT2D eigenvalue weighted by atomic mass is 9.98. The Hall–Kier alpha value is -3.16. The van der Waals surface area contributed by atoms with Gasteiger partial charge in [0.15, 0.2) is 29.5 Å².